The zero-order chi connectivity index (χ0) is 14.3. The summed E-state index contributed by atoms with van der Waals surface area (Å²) in [6.45, 7) is 6.07. The number of amides is 1. The first kappa shape index (κ1) is 13.1. The fourth-order valence-corrected chi connectivity index (χ4v) is 2.93. The number of fused-ring (bicyclic) bond motifs is 2. The Balaban J connectivity index is 2.23. The summed E-state index contributed by atoms with van der Waals surface area (Å²) in [6, 6.07) is 8.19. The number of para-hydroxylation sites is 1. The Bertz CT molecular complexity index is 679. The monoisotopic (exact) mass is 269 g/mol. The normalized spacial score (nSPS) is 15.6. The van der Waals surface area contributed by atoms with Crippen LogP contribution in [0, 0.1) is 0 Å². The van der Waals surface area contributed by atoms with Gasteiger partial charge in [-0.25, -0.2) is 0 Å². The molecule has 0 bridgehead atoms. The highest BCUT2D eigenvalue weighted by Gasteiger charge is 2.25. The smallest absolute Gasteiger partial charge is 0.249 e. The highest BCUT2D eigenvalue weighted by atomic mass is 16.1. The highest BCUT2D eigenvalue weighted by molar-refractivity contribution is 6.07. The van der Waals surface area contributed by atoms with Gasteiger partial charge in [-0.1, -0.05) is 18.2 Å². The summed E-state index contributed by atoms with van der Waals surface area (Å²) in [5, 5.41) is 0.865. The van der Waals surface area contributed by atoms with Crippen LogP contribution in [-0.2, 0) is 13.0 Å². The predicted molar refractivity (Wildman–Crippen MR) is 79.5 cm³/mol. The molecule has 0 saturated carbocycles. The second-order valence-electron chi connectivity index (χ2n) is 5.61. The molecule has 4 heteroatoms. The van der Waals surface area contributed by atoms with Gasteiger partial charge >= 0.3 is 0 Å². The topological polar surface area (TPSA) is 59.2 Å². The van der Waals surface area contributed by atoms with Crippen LogP contribution in [0.25, 0.3) is 10.9 Å². The molecule has 0 saturated heterocycles. The molecule has 1 aliphatic rings. The number of rotatable bonds is 2. The third-order valence-corrected chi connectivity index (χ3v) is 4.05. The molecule has 1 amide bonds. The van der Waals surface area contributed by atoms with Gasteiger partial charge in [-0.05, 0) is 19.9 Å². The molecule has 1 aromatic heterocycles. The SMILES string of the molecule is CC(C)N1CCc2nc3ccccc3c(C(N)=O)c2C1. The zero-order valence-electron chi connectivity index (χ0n) is 11.9. The second kappa shape index (κ2) is 4.87. The van der Waals surface area contributed by atoms with Crippen molar-refractivity contribution in [2.45, 2.75) is 32.9 Å². The third-order valence-electron chi connectivity index (χ3n) is 4.05. The van der Waals surface area contributed by atoms with Gasteiger partial charge in [0.2, 0.25) is 5.91 Å². The first-order valence-corrected chi connectivity index (χ1v) is 7.02. The molecule has 0 radical (unpaired) electrons. The van der Waals surface area contributed by atoms with Crippen LogP contribution in [0.1, 0.15) is 35.5 Å². The van der Waals surface area contributed by atoms with Gasteiger partial charge in [0.25, 0.3) is 0 Å². The van der Waals surface area contributed by atoms with Crippen molar-refractivity contribution >= 4 is 16.8 Å². The van der Waals surface area contributed by atoms with Gasteiger partial charge in [0.15, 0.2) is 0 Å². The molecule has 0 unspecified atom stereocenters. The number of primary amides is 1. The summed E-state index contributed by atoms with van der Waals surface area (Å²) in [6.07, 6.45) is 0.874. The summed E-state index contributed by atoms with van der Waals surface area (Å²) >= 11 is 0. The summed E-state index contributed by atoms with van der Waals surface area (Å²) in [5.41, 5.74) is 9.18. The van der Waals surface area contributed by atoms with Crippen molar-refractivity contribution in [2.75, 3.05) is 6.54 Å². The quantitative estimate of drug-likeness (QED) is 0.908. The number of aromatic nitrogens is 1. The Morgan fingerprint density at radius 2 is 2.10 bits per heavy atom. The molecule has 0 atom stereocenters. The lowest BCUT2D eigenvalue weighted by molar-refractivity contribution is 0.0998. The van der Waals surface area contributed by atoms with E-state index in [9.17, 15) is 4.79 Å². The standard InChI is InChI=1S/C16H19N3O/c1-10(2)19-8-7-14-12(9-19)15(16(17)20)11-5-3-4-6-13(11)18-14/h3-6,10H,7-9H2,1-2H3,(H2,17,20). The number of hydrogen-bond donors (Lipinski definition) is 1. The largest absolute Gasteiger partial charge is 0.366 e. The van der Waals surface area contributed by atoms with Crippen LogP contribution in [0.3, 0.4) is 0 Å². The number of nitrogens with zero attached hydrogens (tertiary/aromatic N) is 2. The van der Waals surface area contributed by atoms with Crippen molar-refractivity contribution in [1.82, 2.24) is 9.88 Å². The average molecular weight is 269 g/mol. The van der Waals surface area contributed by atoms with E-state index in [4.69, 9.17) is 10.7 Å². The Kier molecular flexibility index (Phi) is 3.18. The lowest BCUT2D eigenvalue weighted by Gasteiger charge is -2.32. The van der Waals surface area contributed by atoms with E-state index in [1.807, 2.05) is 24.3 Å². The fourth-order valence-electron chi connectivity index (χ4n) is 2.93. The number of carbonyl (C=O) groups is 1. The summed E-state index contributed by atoms with van der Waals surface area (Å²) in [5.74, 6) is -0.356. The van der Waals surface area contributed by atoms with E-state index in [-0.39, 0.29) is 5.91 Å². The van der Waals surface area contributed by atoms with Crippen molar-refractivity contribution < 1.29 is 4.79 Å². The van der Waals surface area contributed by atoms with E-state index in [1.54, 1.807) is 0 Å². The molecular formula is C16H19N3O. The van der Waals surface area contributed by atoms with Crippen LogP contribution in [0.4, 0.5) is 0 Å². The molecule has 2 N–H and O–H groups in total. The third kappa shape index (κ3) is 2.06. The van der Waals surface area contributed by atoms with Gasteiger partial charge in [0.1, 0.15) is 0 Å². The summed E-state index contributed by atoms with van der Waals surface area (Å²) < 4.78 is 0. The fraction of sp³-hybridized carbons (Fsp3) is 0.375. The van der Waals surface area contributed by atoms with Crippen molar-refractivity contribution in [3.63, 3.8) is 0 Å². The molecule has 20 heavy (non-hydrogen) atoms. The first-order valence-electron chi connectivity index (χ1n) is 7.02. The average Bonchev–Trinajstić information content (AvgIpc) is 2.43. The summed E-state index contributed by atoms with van der Waals surface area (Å²) in [4.78, 5) is 19.0. The molecule has 0 spiro atoms. The van der Waals surface area contributed by atoms with E-state index in [1.165, 1.54) is 0 Å². The highest BCUT2D eigenvalue weighted by Crippen LogP contribution is 2.28. The number of benzene rings is 1. The van der Waals surface area contributed by atoms with Crippen LogP contribution in [0.5, 0.6) is 0 Å². The van der Waals surface area contributed by atoms with E-state index in [0.29, 0.717) is 11.6 Å². The minimum absolute atomic E-state index is 0.356. The zero-order valence-corrected chi connectivity index (χ0v) is 11.9. The van der Waals surface area contributed by atoms with Gasteiger partial charge in [-0.3, -0.25) is 14.7 Å². The van der Waals surface area contributed by atoms with E-state index < -0.39 is 0 Å². The maximum Gasteiger partial charge on any atom is 0.249 e. The molecule has 0 fully saturated rings. The molecule has 0 aliphatic carbocycles. The molecular weight excluding hydrogens is 250 g/mol. The maximum atomic E-state index is 11.9. The lowest BCUT2D eigenvalue weighted by atomic mass is 9.95. The van der Waals surface area contributed by atoms with E-state index in [2.05, 4.69) is 18.7 Å². The minimum atomic E-state index is -0.356. The molecule has 104 valence electrons. The van der Waals surface area contributed by atoms with E-state index >= 15 is 0 Å². The number of nitrogens with two attached hydrogens (primary N) is 1. The Labute approximate surface area is 118 Å². The van der Waals surface area contributed by atoms with Crippen molar-refractivity contribution in [1.29, 1.82) is 0 Å². The van der Waals surface area contributed by atoms with E-state index in [0.717, 1.165) is 41.7 Å². The van der Waals surface area contributed by atoms with Gasteiger partial charge in [-0.2, -0.15) is 0 Å². The molecule has 3 rings (SSSR count). The van der Waals surface area contributed by atoms with Crippen LogP contribution in [0.2, 0.25) is 0 Å². The number of pyridine rings is 1. The Hall–Kier alpha value is -1.94. The van der Waals surface area contributed by atoms with Gasteiger partial charge in [-0.15, -0.1) is 0 Å². The first-order chi connectivity index (χ1) is 9.58. The second-order valence-corrected chi connectivity index (χ2v) is 5.61. The van der Waals surface area contributed by atoms with Crippen molar-refractivity contribution in [3.8, 4) is 0 Å². The number of carbonyl (C=O) groups excluding carboxylic acids is 1. The Morgan fingerprint density at radius 3 is 2.80 bits per heavy atom. The minimum Gasteiger partial charge on any atom is -0.366 e. The number of hydrogen-bond acceptors (Lipinski definition) is 3. The van der Waals surface area contributed by atoms with Gasteiger partial charge in [0, 0.05) is 42.2 Å². The van der Waals surface area contributed by atoms with Crippen LogP contribution in [-0.4, -0.2) is 28.4 Å². The molecule has 4 nitrogen and oxygen atoms in total. The Morgan fingerprint density at radius 1 is 1.35 bits per heavy atom. The van der Waals surface area contributed by atoms with Crippen LogP contribution in [0.15, 0.2) is 24.3 Å². The molecule has 1 aliphatic heterocycles. The van der Waals surface area contributed by atoms with Crippen molar-refractivity contribution in [3.05, 3.63) is 41.1 Å². The molecule has 2 heterocycles. The lowest BCUT2D eigenvalue weighted by Crippen LogP contribution is -2.37. The summed E-state index contributed by atoms with van der Waals surface area (Å²) in [7, 11) is 0. The van der Waals surface area contributed by atoms with Crippen molar-refractivity contribution in [2.24, 2.45) is 5.73 Å². The van der Waals surface area contributed by atoms with Crippen LogP contribution < -0.4 is 5.73 Å². The molecule has 1 aromatic carbocycles. The van der Waals surface area contributed by atoms with Gasteiger partial charge in [0.05, 0.1) is 11.1 Å². The maximum absolute atomic E-state index is 11.9. The molecule has 2 aromatic rings. The predicted octanol–water partition coefficient (Wildman–Crippen LogP) is 2.10. The van der Waals surface area contributed by atoms with Gasteiger partial charge < -0.3 is 5.73 Å². The van der Waals surface area contributed by atoms with Crippen LogP contribution >= 0.6 is 0 Å².